The molecule has 0 saturated heterocycles. The largest absolute Gasteiger partial charge is 0.478 e. The van der Waals surface area contributed by atoms with Crippen molar-refractivity contribution in [2.45, 2.75) is 13.0 Å². The van der Waals surface area contributed by atoms with Gasteiger partial charge in [-0.2, -0.15) is 0 Å². The van der Waals surface area contributed by atoms with Crippen LogP contribution in [0.1, 0.15) is 21.5 Å². The first-order chi connectivity index (χ1) is 10.0. The number of rotatable bonds is 3. The van der Waals surface area contributed by atoms with Crippen LogP contribution in [0.15, 0.2) is 36.4 Å². The molecule has 0 atom stereocenters. The molecule has 0 aromatic heterocycles. The number of halogens is 2. The maximum atomic E-state index is 13.2. The van der Waals surface area contributed by atoms with E-state index in [2.05, 4.69) is 0 Å². The summed E-state index contributed by atoms with van der Waals surface area (Å²) >= 11 is 0. The van der Waals surface area contributed by atoms with E-state index in [9.17, 15) is 13.6 Å². The third kappa shape index (κ3) is 2.72. The van der Waals surface area contributed by atoms with Gasteiger partial charge in [0.15, 0.2) is 0 Å². The molecular weight excluding hydrogens is 276 g/mol. The molecule has 0 bridgehead atoms. The van der Waals surface area contributed by atoms with Crippen LogP contribution in [0.4, 0.5) is 14.5 Å². The number of hydrogen-bond acceptors (Lipinski definition) is 2. The third-order valence-corrected chi connectivity index (χ3v) is 3.61. The lowest BCUT2D eigenvalue weighted by Crippen LogP contribution is -2.19. The minimum atomic E-state index is -0.955. The topological polar surface area (TPSA) is 40.5 Å². The fraction of sp³-hybridized carbons (Fsp3) is 0.188. The molecule has 1 N–H and O–H groups in total. The van der Waals surface area contributed by atoms with Crippen molar-refractivity contribution in [2.75, 3.05) is 11.4 Å². The van der Waals surface area contributed by atoms with Crippen molar-refractivity contribution in [3.8, 4) is 0 Å². The molecule has 0 aliphatic carbocycles. The number of anilines is 1. The van der Waals surface area contributed by atoms with Crippen LogP contribution in [0.5, 0.6) is 0 Å². The first kappa shape index (κ1) is 13.5. The summed E-state index contributed by atoms with van der Waals surface area (Å²) in [6.45, 7) is 1.10. The number of nitrogens with zero attached hydrogens (tertiary/aromatic N) is 1. The number of carboxylic acids is 1. The first-order valence-corrected chi connectivity index (χ1v) is 6.59. The molecule has 0 saturated carbocycles. The molecule has 3 nitrogen and oxygen atoms in total. The molecule has 0 unspecified atom stereocenters. The van der Waals surface area contributed by atoms with Crippen LogP contribution in [0.2, 0.25) is 0 Å². The Labute approximate surface area is 120 Å². The third-order valence-electron chi connectivity index (χ3n) is 3.61. The van der Waals surface area contributed by atoms with Crippen LogP contribution >= 0.6 is 0 Å². The Balaban J connectivity index is 1.86. The summed E-state index contributed by atoms with van der Waals surface area (Å²) < 4.78 is 26.4. The molecule has 0 fully saturated rings. The molecule has 1 heterocycles. The molecule has 1 aliphatic heterocycles. The molecule has 1 aliphatic rings. The predicted octanol–water partition coefficient (Wildman–Crippen LogP) is 3.23. The van der Waals surface area contributed by atoms with Gasteiger partial charge in [-0.3, -0.25) is 0 Å². The van der Waals surface area contributed by atoms with E-state index in [0.29, 0.717) is 18.7 Å². The summed E-state index contributed by atoms with van der Waals surface area (Å²) in [6.07, 6.45) is 0.730. The van der Waals surface area contributed by atoms with E-state index in [4.69, 9.17) is 5.11 Å². The molecule has 0 amide bonds. The van der Waals surface area contributed by atoms with Crippen LogP contribution in [-0.4, -0.2) is 17.6 Å². The molecular formula is C16H13F2NO2. The molecule has 0 radical (unpaired) electrons. The van der Waals surface area contributed by atoms with E-state index < -0.39 is 17.6 Å². The van der Waals surface area contributed by atoms with E-state index in [-0.39, 0.29) is 5.56 Å². The summed E-state index contributed by atoms with van der Waals surface area (Å²) in [5.74, 6) is -2.14. The average Bonchev–Trinajstić information content (AvgIpc) is 2.80. The fourth-order valence-corrected chi connectivity index (χ4v) is 2.69. The SMILES string of the molecule is O=C(O)c1ccc2c(c1)CCN2Cc1cc(F)cc(F)c1. The van der Waals surface area contributed by atoms with E-state index in [1.807, 2.05) is 4.90 Å². The fourth-order valence-electron chi connectivity index (χ4n) is 2.69. The standard InChI is InChI=1S/C16H13F2NO2/c17-13-5-10(6-14(18)8-13)9-19-4-3-11-7-12(16(20)21)1-2-15(11)19/h1-2,5-8H,3-4,9H2,(H,20,21). The number of aromatic carboxylic acids is 1. The van der Waals surface area contributed by atoms with Crippen molar-refractivity contribution < 1.29 is 18.7 Å². The maximum Gasteiger partial charge on any atom is 0.335 e. The van der Waals surface area contributed by atoms with Gasteiger partial charge in [0.2, 0.25) is 0 Å². The monoisotopic (exact) mass is 289 g/mol. The van der Waals surface area contributed by atoms with E-state index in [0.717, 1.165) is 23.7 Å². The van der Waals surface area contributed by atoms with E-state index in [1.54, 1.807) is 18.2 Å². The Morgan fingerprint density at radius 1 is 1.14 bits per heavy atom. The Kier molecular flexibility index (Phi) is 3.33. The molecule has 0 spiro atoms. The van der Waals surface area contributed by atoms with Crippen molar-refractivity contribution in [2.24, 2.45) is 0 Å². The number of fused-ring (bicyclic) bond motifs is 1. The van der Waals surface area contributed by atoms with Gasteiger partial charge in [-0.1, -0.05) is 0 Å². The highest BCUT2D eigenvalue weighted by molar-refractivity contribution is 5.88. The highest BCUT2D eigenvalue weighted by Crippen LogP contribution is 2.30. The van der Waals surface area contributed by atoms with E-state index >= 15 is 0 Å². The van der Waals surface area contributed by atoms with Gasteiger partial charge in [0.25, 0.3) is 0 Å². The van der Waals surface area contributed by atoms with Gasteiger partial charge in [-0.25, -0.2) is 13.6 Å². The highest BCUT2D eigenvalue weighted by atomic mass is 19.1. The van der Waals surface area contributed by atoms with Crippen molar-refractivity contribution >= 4 is 11.7 Å². The first-order valence-electron chi connectivity index (χ1n) is 6.59. The molecule has 2 aromatic carbocycles. The summed E-state index contributed by atoms with van der Waals surface area (Å²) in [5.41, 5.74) is 2.69. The maximum absolute atomic E-state index is 13.2. The second-order valence-electron chi connectivity index (χ2n) is 5.10. The molecule has 5 heteroatoms. The second-order valence-corrected chi connectivity index (χ2v) is 5.10. The zero-order valence-corrected chi connectivity index (χ0v) is 11.1. The lowest BCUT2D eigenvalue weighted by atomic mass is 10.1. The Bertz CT molecular complexity index is 695. The minimum absolute atomic E-state index is 0.257. The lowest BCUT2D eigenvalue weighted by molar-refractivity contribution is 0.0697. The van der Waals surface area contributed by atoms with Crippen LogP contribution < -0.4 is 4.90 Å². The summed E-state index contributed by atoms with van der Waals surface area (Å²) in [6, 6.07) is 8.43. The minimum Gasteiger partial charge on any atom is -0.478 e. The summed E-state index contributed by atoms with van der Waals surface area (Å²) in [7, 11) is 0. The van der Waals surface area contributed by atoms with Crippen molar-refractivity contribution in [3.63, 3.8) is 0 Å². The van der Waals surface area contributed by atoms with Crippen molar-refractivity contribution in [1.82, 2.24) is 0 Å². The van der Waals surface area contributed by atoms with Crippen molar-refractivity contribution in [1.29, 1.82) is 0 Å². The lowest BCUT2D eigenvalue weighted by Gasteiger charge is -2.19. The van der Waals surface area contributed by atoms with Gasteiger partial charge in [-0.05, 0) is 47.9 Å². The van der Waals surface area contributed by atoms with Crippen LogP contribution in [0.3, 0.4) is 0 Å². The normalized spacial score (nSPS) is 13.3. The zero-order valence-electron chi connectivity index (χ0n) is 11.1. The molecule has 21 heavy (non-hydrogen) atoms. The number of hydrogen-bond donors (Lipinski definition) is 1. The second kappa shape index (κ2) is 5.16. The number of benzene rings is 2. The van der Waals surface area contributed by atoms with Crippen molar-refractivity contribution in [3.05, 3.63) is 64.7 Å². The summed E-state index contributed by atoms with van der Waals surface area (Å²) in [4.78, 5) is 12.9. The Hall–Kier alpha value is -2.43. The quantitative estimate of drug-likeness (QED) is 0.943. The van der Waals surface area contributed by atoms with E-state index in [1.165, 1.54) is 12.1 Å². The predicted molar refractivity (Wildman–Crippen MR) is 74.5 cm³/mol. The smallest absolute Gasteiger partial charge is 0.335 e. The average molecular weight is 289 g/mol. The highest BCUT2D eigenvalue weighted by Gasteiger charge is 2.20. The molecule has 3 rings (SSSR count). The van der Waals surface area contributed by atoms with Gasteiger partial charge in [0, 0.05) is 24.8 Å². The van der Waals surface area contributed by atoms with Gasteiger partial charge >= 0.3 is 5.97 Å². The van der Waals surface area contributed by atoms with Gasteiger partial charge in [0.05, 0.1) is 5.56 Å². The molecule has 108 valence electrons. The van der Waals surface area contributed by atoms with Gasteiger partial charge < -0.3 is 10.0 Å². The zero-order chi connectivity index (χ0) is 15.0. The van der Waals surface area contributed by atoms with Crippen LogP contribution in [0.25, 0.3) is 0 Å². The van der Waals surface area contributed by atoms with Gasteiger partial charge in [0.1, 0.15) is 11.6 Å². The molecule has 2 aromatic rings. The Morgan fingerprint density at radius 2 is 1.86 bits per heavy atom. The van der Waals surface area contributed by atoms with Crippen LogP contribution in [-0.2, 0) is 13.0 Å². The summed E-state index contributed by atoms with van der Waals surface area (Å²) in [5, 5.41) is 8.98. The van der Waals surface area contributed by atoms with Gasteiger partial charge in [-0.15, -0.1) is 0 Å². The number of carboxylic acid groups (broad SMARTS) is 1. The Morgan fingerprint density at radius 3 is 2.52 bits per heavy atom. The van der Waals surface area contributed by atoms with Crippen LogP contribution in [0, 0.1) is 11.6 Å². The number of carbonyl (C=O) groups is 1.